The molecule has 0 saturated carbocycles. The van der Waals surface area contributed by atoms with Crippen LogP contribution in [0.3, 0.4) is 0 Å². The zero-order valence-corrected chi connectivity index (χ0v) is 15.0. The normalized spacial score (nSPS) is 17.0. The molecule has 9 heteroatoms. The van der Waals surface area contributed by atoms with Crippen LogP contribution in [0.5, 0.6) is 0 Å². The number of nitrogens with zero attached hydrogens (tertiary/aromatic N) is 3. The van der Waals surface area contributed by atoms with E-state index in [1.807, 2.05) is 0 Å². The largest absolute Gasteiger partial charge is 0.462 e. The van der Waals surface area contributed by atoms with E-state index in [0.29, 0.717) is 24.6 Å². The molecular formula is C17H19ClN4O4. The number of piperidine rings is 1. The molecule has 1 fully saturated rings. The van der Waals surface area contributed by atoms with Crippen molar-refractivity contribution in [1.29, 1.82) is 0 Å². The third-order valence-corrected chi connectivity index (χ3v) is 4.49. The van der Waals surface area contributed by atoms with Crippen molar-refractivity contribution < 1.29 is 18.8 Å². The summed E-state index contributed by atoms with van der Waals surface area (Å²) in [5.41, 5.74) is 0.693. The van der Waals surface area contributed by atoms with Crippen LogP contribution in [0.1, 0.15) is 41.9 Å². The molecule has 0 aliphatic carbocycles. The van der Waals surface area contributed by atoms with Gasteiger partial charge in [-0.15, -0.1) is 0 Å². The second-order valence-corrected chi connectivity index (χ2v) is 6.33. The first-order valence-corrected chi connectivity index (χ1v) is 8.75. The second-order valence-electron chi connectivity index (χ2n) is 5.92. The van der Waals surface area contributed by atoms with E-state index in [-0.39, 0.29) is 29.1 Å². The van der Waals surface area contributed by atoms with Gasteiger partial charge < -0.3 is 19.5 Å². The Labute approximate surface area is 155 Å². The van der Waals surface area contributed by atoms with E-state index < -0.39 is 5.97 Å². The number of rotatable bonds is 4. The summed E-state index contributed by atoms with van der Waals surface area (Å²) >= 11 is 6.04. The minimum atomic E-state index is -0.524. The zero-order chi connectivity index (χ0) is 18.5. The number of nitrogens with one attached hydrogen (secondary N) is 1. The highest BCUT2D eigenvalue weighted by Gasteiger charge is 2.27. The predicted octanol–water partition coefficient (Wildman–Crippen LogP) is 3.31. The van der Waals surface area contributed by atoms with Gasteiger partial charge in [-0.25, -0.2) is 9.59 Å². The molecule has 2 aromatic rings. The molecule has 1 N–H and O–H groups in total. The third kappa shape index (κ3) is 4.13. The van der Waals surface area contributed by atoms with Crippen LogP contribution in [0.15, 0.2) is 29.1 Å². The van der Waals surface area contributed by atoms with E-state index in [0.717, 1.165) is 12.8 Å². The molecule has 2 amide bonds. The van der Waals surface area contributed by atoms with Gasteiger partial charge in [-0.2, -0.15) is 4.98 Å². The van der Waals surface area contributed by atoms with E-state index in [4.69, 9.17) is 20.9 Å². The smallest absolute Gasteiger partial charge is 0.339 e. The van der Waals surface area contributed by atoms with Crippen molar-refractivity contribution in [1.82, 2.24) is 15.0 Å². The van der Waals surface area contributed by atoms with Gasteiger partial charge >= 0.3 is 12.0 Å². The van der Waals surface area contributed by atoms with E-state index in [9.17, 15) is 9.59 Å². The van der Waals surface area contributed by atoms with Crippen LogP contribution in [0.2, 0.25) is 5.02 Å². The van der Waals surface area contributed by atoms with E-state index >= 15 is 0 Å². The maximum Gasteiger partial charge on any atom is 0.339 e. The van der Waals surface area contributed by atoms with Gasteiger partial charge in [0.2, 0.25) is 6.39 Å². The quantitative estimate of drug-likeness (QED) is 0.819. The van der Waals surface area contributed by atoms with Gasteiger partial charge in [0.15, 0.2) is 5.82 Å². The Kier molecular flexibility index (Phi) is 5.72. The van der Waals surface area contributed by atoms with Crippen LogP contribution < -0.4 is 5.32 Å². The number of amides is 2. The highest BCUT2D eigenvalue weighted by Crippen LogP contribution is 2.26. The number of carbonyl (C=O) groups is 2. The highest BCUT2D eigenvalue weighted by molar-refractivity contribution is 6.33. The van der Waals surface area contributed by atoms with Gasteiger partial charge in [-0.3, -0.25) is 0 Å². The lowest BCUT2D eigenvalue weighted by Gasteiger charge is -2.31. The molecule has 0 unspecified atom stereocenters. The number of benzene rings is 1. The topological polar surface area (TPSA) is 97.6 Å². The Morgan fingerprint density at radius 2 is 2.31 bits per heavy atom. The molecule has 1 aliphatic rings. The number of hydrogen-bond donors (Lipinski definition) is 1. The zero-order valence-electron chi connectivity index (χ0n) is 14.3. The number of aromatic nitrogens is 2. The number of urea groups is 1. The SMILES string of the molecule is CCOC(=O)c1cc(NC(=O)N2CCC[C@@H](c3ncon3)C2)ccc1Cl. The highest BCUT2D eigenvalue weighted by atomic mass is 35.5. The molecular weight excluding hydrogens is 360 g/mol. The lowest BCUT2D eigenvalue weighted by Crippen LogP contribution is -2.41. The van der Waals surface area contributed by atoms with Crippen molar-refractivity contribution >= 4 is 29.3 Å². The molecule has 1 saturated heterocycles. The molecule has 1 aromatic carbocycles. The van der Waals surface area contributed by atoms with Gasteiger partial charge in [0.1, 0.15) is 0 Å². The van der Waals surface area contributed by atoms with Crippen molar-refractivity contribution in [2.75, 3.05) is 25.0 Å². The molecule has 138 valence electrons. The first kappa shape index (κ1) is 18.2. The fourth-order valence-corrected chi connectivity index (χ4v) is 3.10. The van der Waals surface area contributed by atoms with Crippen molar-refractivity contribution in [3.05, 3.63) is 41.0 Å². The number of ether oxygens (including phenoxy) is 1. The Balaban J connectivity index is 1.67. The molecule has 0 bridgehead atoms. The van der Waals surface area contributed by atoms with E-state index in [1.54, 1.807) is 24.0 Å². The van der Waals surface area contributed by atoms with Gasteiger partial charge in [0.25, 0.3) is 0 Å². The van der Waals surface area contributed by atoms with E-state index in [2.05, 4.69) is 15.5 Å². The average Bonchev–Trinajstić information content (AvgIpc) is 3.18. The molecule has 1 atom stereocenters. The van der Waals surface area contributed by atoms with Crippen LogP contribution in [-0.2, 0) is 4.74 Å². The maximum atomic E-state index is 12.6. The predicted molar refractivity (Wildman–Crippen MR) is 94.3 cm³/mol. The lowest BCUT2D eigenvalue weighted by molar-refractivity contribution is 0.0526. The summed E-state index contributed by atoms with van der Waals surface area (Å²) in [7, 11) is 0. The number of hydrogen-bond acceptors (Lipinski definition) is 6. The lowest BCUT2D eigenvalue weighted by atomic mass is 9.98. The van der Waals surface area contributed by atoms with Crippen LogP contribution in [-0.4, -0.2) is 46.7 Å². The number of anilines is 1. The molecule has 2 heterocycles. The average molecular weight is 379 g/mol. The Morgan fingerprint density at radius 1 is 1.46 bits per heavy atom. The molecule has 3 rings (SSSR count). The summed E-state index contributed by atoms with van der Waals surface area (Å²) in [5.74, 6) is 0.135. The summed E-state index contributed by atoms with van der Waals surface area (Å²) in [6.45, 7) is 3.10. The van der Waals surface area contributed by atoms with Crippen molar-refractivity contribution in [3.8, 4) is 0 Å². The molecule has 8 nitrogen and oxygen atoms in total. The first-order chi connectivity index (χ1) is 12.6. The van der Waals surface area contributed by atoms with Crippen molar-refractivity contribution in [2.45, 2.75) is 25.7 Å². The van der Waals surface area contributed by atoms with Gasteiger partial charge in [0, 0.05) is 24.7 Å². The van der Waals surface area contributed by atoms with Gasteiger partial charge in [-0.05, 0) is 38.0 Å². The Hall–Kier alpha value is -2.61. The number of carbonyl (C=O) groups excluding carboxylic acids is 2. The fourth-order valence-electron chi connectivity index (χ4n) is 2.90. The molecule has 0 spiro atoms. The minimum Gasteiger partial charge on any atom is -0.462 e. The summed E-state index contributed by atoms with van der Waals surface area (Å²) in [5, 5.41) is 6.94. The summed E-state index contributed by atoms with van der Waals surface area (Å²) in [4.78, 5) is 30.3. The summed E-state index contributed by atoms with van der Waals surface area (Å²) in [6, 6.07) is 4.46. The molecule has 0 radical (unpaired) electrons. The van der Waals surface area contributed by atoms with Crippen molar-refractivity contribution in [2.24, 2.45) is 0 Å². The summed E-state index contributed by atoms with van der Waals surface area (Å²) < 4.78 is 9.76. The number of halogens is 1. The van der Waals surface area contributed by atoms with Crippen LogP contribution >= 0.6 is 11.6 Å². The van der Waals surface area contributed by atoms with Crippen LogP contribution in [0.4, 0.5) is 10.5 Å². The minimum absolute atomic E-state index is 0.0496. The number of likely N-dealkylation sites (tertiary alicyclic amines) is 1. The first-order valence-electron chi connectivity index (χ1n) is 8.37. The molecule has 26 heavy (non-hydrogen) atoms. The van der Waals surface area contributed by atoms with E-state index in [1.165, 1.54) is 12.5 Å². The standard InChI is InChI=1S/C17H19ClN4O4/c1-2-25-16(23)13-8-12(5-6-14(13)18)20-17(24)22-7-3-4-11(9-22)15-19-10-26-21-15/h5-6,8,10-11H,2-4,7,9H2,1H3,(H,20,24)/t11-/m1/s1. The Bertz CT molecular complexity index is 781. The third-order valence-electron chi connectivity index (χ3n) is 4.17. The molecule has 1 aliphatic heterocycles. The van der Waals surface area contributed by atoms with Gasteiger partial charge in [-0.1, -0.05) is 16.8 Å². The number of esters is 1. The fraction of sp³-hybridized carbons (Fsp3) is 0.412. The van der Waals surface area contributed by atoms with Crippen molar-refractivity contribution in [3.63, 3.8) is 0 Å². The summed E-state index contributed by atoms with van der Waals surface area (Å²) in [6.07, 6.45) is 3.04. The monoisotopic (exact) mass is 378 g/mol. The maximum absolute atomic E-state index is 12.6. The van der Waals surface area contributed by atoms with Crippen LogP contribution in [0, 0.1) is 0 Å². The second kappa shape index (κ2) is 8.18. The van der Waals surface area contributed by atoms with Gasteiger partial charge in [0.05, 0.1) is 17.2 Å². The molecule has 1 aromatic heterocycles. The Morgan fingerprint density at radius 3 is 3.04 bits per heavy atom. The van der Waals surface area contributed by atoms with Crippen LogP contribution in [0.25, 0.3) is 0 Å².